The third-order valence-corrected chi connectivity index (χ3v) is 4.88. The minimum atomic E-state index is -1.42. The average molecular weight is 467 g/mol. The normalized spacial score (nSPS) is 11.0. The number of aromatic carboxylic acids is 1. The molecule has 0 aliphatic rings. The van der Waals surface area contributed by atoms with Crippen LogP contribution in [0.3, 0.4) is 0 Å². The van der Waals surface area contributed by atoms with Crippen molar-refractivity contribution in [3.63, 3.8) is 0 Å². The molecule has 2 heterocycles. The smallest absolute Gasteiger partial charge is 0.354 e. The molecule has 14 heteroatoms. The first-order chi connectivity index (χ1) is 16.1. The Bertz CT molecular complexity index is 1580. The summed E-state index contributed by atoms with van der Waals surface area (Å²) in [6.07, 6.45) is 1.04. The predicted molar refractivity (Wildman–Crippen MR) is 115 cm³/mol. The molecule has 0 fully saturated rings. The molecule has 2 amide bonds. The maximum absolute atomic E-state index is 14.1. The molecule has 4 rings (SSSR count). The van der Waals surface area contributed by atoms with E-state index in [1.807, 2.05) is 0 Å². The summed E-state index contributed by atoms with van der Waals surface area (Å²) in [6, 6.07) is 4.68. The standard InChI is InChI=1S/C20H14FN7O6/c21-9-2-1-7(3-10(9)26-14-13(22)15(29)16(14)30)5-24-19(32)11-4-12(20(33)34)28-18(27-11)8(6-25-28)17(23)31/h1-4,6,26H,5,22H2,(H2,23,31)(H,24,32)(H,33,34). The third-order valence-electron chi connectivity index (χ3n) is 4.88. The molecule has 0 unspecified atom stereocenters. The van der Waals surface area contributed by atoms with Crippen LogP contribution in [-0.4, -0.2) is 37.5 Å². The molecule has 4 aromatic rings. The number of nitrogen functional groups attached to an aromatic ring is 1. The summed E-state index contributed by atoms with van der Waals surface area (Å²) in [5.74, 6) is -3.87. The van der Waals surface area contributed by atoms with Crippen molar-refractivity contribution in [2.45, 2.75) is 6.54 Å². The van der Waals surface area contributed by atoms with Gasteiger partial charge in [-0.15, -0.1) is 0 Å². The Morgan fingerprint density at radius 2 is 1.88 bits per heavy atom. The fourth-order valence-electron chi connectivity index (χ4n) is 3.12. The number of hydrogen-bond acceptors (Lipinski definition) is 9. The van der Waals surface area contributed by atoms with Crippen molar-refractivity contribution in [3.8, 4) is 0 Å². The third kappa shape index (κ3) is 3.68. The van der Waals surface area contributed by atoms with E-state index in [1.165, 1.54) is 12.1 Å². The van der Waals surface area contributed by atoms with Crippen LogP contribution in [0.1, 0.15) is 36.9 Å². The largest absolute Gasteiger partial charge is 0.477 e. The second-order valence-electron chi connectivity index (χ2n) is 7.06. The number of fused-ring (bicyclic) bond motifs is 1. The summed E-state index contributed by atoms with van der Waals surface area (Å²) in [7, 11) is 0. The average Bonchev–Trinajstić information content (AvgIpc) is 3.25. The van der Waals surface area contributed by atoms with Gasteiger partial charge >= 0.3 is 5.97 Å². The van der Waals surface area contributed by atoms with Gasteiger partial charge in [0.1, 0.15) is 28.4 Å². The van der Waals surface area contributed by atoms with Gasteiger partial charge in [-0.05, 0) is 17.7 Å². The second-order valence-corrected chi connectivity index (χ2v) is 7.06. The van der Waals surface area contributed by atoms with Gasteiger partial charge in [-0.25, -0.2) is 18.7 Å². The number of carboxylic acids is 1. The molecular weight excluding hydrogens is 453 g/mol. The van der Waals surface area contributed by atoms with E-state index in [4.69, 9.17) is 11.5 Å². The number of rotatable bonds is 7. The molecule has 0 saturated carbocycles. The Morgan fingerprint density at radius 3 is 2.53 bits per heavy atom. The number of nitrogens with two attached hydrogens (primary N) is 2. The van der Waals surface area contributed by atoms with Crippen LogP contribution in [0.2, 0.25) is 0 Å². The van der Waals surface area contributed by atoms with Crippen LogP contribution in [0.4, 0.5) is 21.5 Å². The highest BCUT2D eigenvalue weighted by Gasteiger charge is 2.22. The van der Waals surface area contributed by atoms with Gasteiger partial charge in [0, 0.05) is 12.6 Å². The van der Waals surface area contributed by atoms with Crippen LogP contribution < -0.4 is 33.0 Å². The van der Waals surface area contributed by atoms with Crippen molar-refractivity contribution >= 4 is 40.5 Å². The van der Waals surface area contributed by atoms with E-state index in [1.54, 1.807) is 0 Å². The monoisotopic (exact) mass is 467 g/mol. The molecule has 13 nitrogen and oxygen atoms in total. The lowest BCUT2D eigenvalue weighted by molar-refractivity contribution is 0.0686. The zero-order valence-electron chi connectivity index (χ0n) is 17.0. The molecule has 0 bridgehead atoms. The summed E-state index contributed by atoms with van der Waals surface area (Å²) >= 11 is 0. The molecule has 172 valence electrons. The lowest BCUT2D eigenvalue weighted by atomic mass is 10.1. The molecule has 7 N–H and O–H groups in total. The van der Waals surface area contributed by atoms with Crippen molar-refractivity contribution < 1.29 is 23.9 Å². The molecule has 0 atom stereocenters. The predicted octanol–water partition coefficient (Wildman–Crippen LogP) is -0.483. The molecule has 2 aromatic carbocycles. The molecule has 0 saturated heterocycles. The van der Waals surface area contributed by atoms with Gasteiger partial charge in [0.2, 0.25) is 0 Å². The van der Waals surface area contributed by atoms with Gasteiger partial charge in [0.15, 0.2) is 11.3 Å². The number of carboxylic acid groups (broad SMARTS) is 1. The lowest BCUT2D eigenvalue weighted by Gasteiger charge is -2.12. The highest BCUT2D eigenvalue weighted by molar-refractivity contribution is 6.01. The highest BCUT2D eigenvalue weighted by atomic mass is 19.1. The van der Waals surface area contributed by atoms with Crippen LogP contribution in [-0.2, 0) is 6.54 Å². The van der Waals surface area contributed by atoms with E-state index in [2.05, 4.69) is 20.7 Å². The van der Waals surface area contributed by atoms with Gasteiger partial charge in [-0.1, -0.05) is 6.07 Å². The summed E-state index contributed by atoms with van der Waals surface area (Å²) in [5, 5.41) is 18.1. The Balaban J connectivity index is 1.58. The van der Waals surface area contributed by atoms with E-state index < -0.39 is 40.2 Å². The Kier molecular flexibility index (Phi) is 5.25. The van der Waals surface area contributed by atoms with E-state index in [0.29, 0.717) is 5.56 Å². The van der Waals surface area contributed by atoms with E-state index in [9.17, 15) is 33.5 Å². The number of primary amides is 1. The zero-order valence-corrected chi connectivity index (χ0v) is 17.0. The molecule has 2 aromatic heterocycles. The molecule has 0 spiro atoms. The highest BCUT2D eigenvalue weighted by Crippen LogP contribution is 2.22. The molecule has 34 heavy (non-hydrogen) atoms. The maximum Gasteiger partial charge on any atom is 0.354 e. The number of carbonyl (C=O) groups is 3. The van der Waals surface area contributed by atoms with Gasteiger partial charge in [0.25, 0.3) is 22.7 Å². The first-order valence-electron chi connectivity index (χ1n) is 9.42. The van der Waals surface area contributed by atoms with E-state index in [0.717, 1.165) is 22.8 Å². The zero-order chi connectivity index (χ0) is 24.7. The van der Waals surface area contributed by atoms with Crippen molar-refractivity contribution in [2.75, 3.05) is 11.1 Å². The molecule has 0 aliphatic heterocycles. The number of benzene rings is 1. The summed E-state index contributed by atoms with van der Waals surface area (Å²) in [5.41, 5.74) is 7.49. The number of aromatic nitrogens is 3. The van der Waals surface area contributed by atoms with E-state index >= 15 is 0 Å². The number of anilines is 3. The van der Waals surface area contributed by atoms with Crippen molar-refractivity contribution in [1.82, 2.24) is 19.9 Å². The Hall–Kier alpha value is -5.14. The first kappa shape index (κ1) is 22.1. The number of carbonyl (C=O) groups excluding carboxylic acids is 2. The topological polar surface area (TPSA) is 212 Å². The van der Waals surface area contributed by atoms with Crippen molar-refractivity contribution in [2.24, 2.45) is 5.73 Å². The van der Waals surface area contributed by atoms with Gasteiger partial charge < -0.3 is 27.2 Å². The second kappa shape index (κ2) is 8.09. The summed E-state index contributed by atoms with van der Waals surface area (Å²) < 4.78 is 15.0. The Labute approximate surface area is 187 Å². The van der Waals surface area contributed by atoms with Crippen LogP contribution in [0.15, 0.2) is 40.1 Å². The van der Waals surface area contributed by atoms with Gasteiger partial charge in [0.05, 0.1) is 11.9 Å². The van der Waals surface area contributed by atoms with Crippen LogP contribution in [0.25, 0.3) is 5.65 Å². The molecular formula is C20H14FN7O6. The quantitative estimate of drug-likeness (QED) is 0.220. The first-order valence-corrected chi connectivity index (χ1v) is 9.42. The number of amides is 2. The van der Waals surface area contributed by atoms with Gasteiger partial charge in [-0.3, -0.25) is 19.2 Å². The van der Waals surface area contributed by atoms with E-state index in [-0.39, 0.29) is 40.5 Å². The SMILES string of the molecule is NC(=O)c1cnn2c(C(=O)O)cc(C(=O)NCc3ccc(F)c(Nc4c(N)c(=O)c4=O)c3)nc12. The lowest BCUT2D eigenvalue weighted by Crippen LogP contribution is -2.36. The van der Waals surface area contributed by atoms with Crippen LogP contribution >= 0.6 is 0 Å². The summed E-state index contributed by atoms with van der Waals surface area (Å²) in [4.78, 5) is 62.5. The minimum Gasteiger partial charge on any atom is -0.477 e. The maximum atomic E-state index is 14.1. The van der Waals surface area contributed by atoms with Crippen molar-refractivity contribution in [3.05, 3.63) is 79.2 Å². The summed E-state index contributed by atoms with van der Waals surface area (Å²) in [6.45, 7) is -0.146. The van der Waals surface area contributed by atoms with Crippen LogP contribution in [0, 0.1) is 5.82 Å². The number of halogens is 1. The fourth-order valence-corrected chi connectivity index (χ4v) is 3.12. The molecule has 0 radical (unpaired) electrons. The van der Waals surface area contributed by atoms with Crippen molar-refractivity contribution in [1.29, 1.82) is 0 Å². The minimum absolute atomic E-state index is 0.146. The number of nitrogens with zero attached hydrogens (tertiary/aromatic N) is 3. The Morgan fingerprint density at radius 1 is 1.15 bits per heavy atom. The van der Waals surface area contributed by atoms with Crippen LogP contribution in [0.5, 0.6) is 0 Å². The fraction of sp³-hybridized carbons (Fsp3) is 0.0500. The number of hydrogen-bond donors (Lipinski definition) is 5. The molecule has 0 aliphatic carbocycles. The number of nitrogens with one attached hydrogen (secondary N) is 2. The van der Waals surface area contributed by atoms with Gasteiger partial charge in [-0.2, -0.15) is 5.10 Å².